The first-order chi connectivity index (χ1) is 13.1. The van der Waals surface area contributed by atoms with Gasteiger partial charge in [-0.2, -0.15) is 4.31 Å². The zero-order valence-corrected chi connectivity index (χ0v) is 17.3. The quantitative estimate of drug-likeness (QED) is 0.536. The van der Waals surface area contributed by atoms with E-state index in [2.05, 4.69) is 0 Å². The Bertz CT molecular complexity index is 1010. The predicted molar refractivity (Wildman–Crippen MR) is 104 cm³/mol. The molecule has 1 aliphatic rings. The van der Waals surface area contributed by atoms with Crippen LogP contribution in [0.3, 0.4) is 0 Å². The summed E-state index contributed by atoms with van der Waals surface area (Å²) in [5, 5.41) is 11.3. The molecule has 0 N–H and O–H groups in total. The molecule has 0 unspecified atom stereocenters. The fourth-order valence-electron chi connectivity index (χ4n) is 3.26. The largest absolute Gasteiger partial charge is 0.494 e. The van der Waals surface area contributed by atoms with Gasteiger partial charge in [-0.1, -0.05) is 0 Å². The molecule has 11 heteroatoms. The summed E-state index contributed by atoms with van der Waals surface area (Å²) in [6.07, 6.45) is 0. The second-order valence-electron chi connectivity index (χ2n) is 6.40. The van der Waals surface area contributed by atoms with Crippen molar-refractivity contribution in [3.63, 3.8) is 0 Å². The van der Waals surface area contributed by atoms with E-state index in [1.54, 1.807) is 17.9 Å². The lowest BCUT2D eigenvalue weighted by molar-refractivity contribution is -0.384. The topological polar surface area (TPSA) is 93.0 Å². The van der Waals surface area contributed by atoms with Gasteiger partial charge in [0.15, 0.2) is 11.6 Å². The van der Waals surface area contributed by atoms with Crippen LogP contribution in [0.2, 0.25) is 0 Å². The minimum absolute atomic E-state index is 0.0972. The Balaban J connectivity index is 1.84. The average Bonchev–Trinajstić information content (AvgIpc) is 3.00. The lowest BCUT2D eigenvalue weighted by Gasteiger charge is -2.35. The normalized spacial score (nSPS) is 15.6. The third-order valence-corrected chi connectivity index (χ3v) is 7.76. The smallest absolute Gasteiger partial charge is 0.295 e. The van der Waals surface area contributed by atoms with Crippen LogP contribution in [0.15, 0.2) is 23.1 Å². The molecular weight excluding hydrogens is 409 g/mol. The van der Waals surface area contributed by atoms with Crippen molar-refractivity contribution in [3.05, 3.63) is 43.9 Å². The van der Waals surface area contributed by atoms with E-state index in [1.807, 2.05) is 6.92 Å². The number of ether oxygens (including phenoxy) is 1. The summed E-state index contributed by atoms with van der Waals surface area (Å²) in [4.78, 5) is 14.3. The number of nitro groups is 1. The van der Waals surface area contributed by atoms with Crippen molar-refractivity contribution in [2.75, 3.05) is 38.2 Å². The van der Waals surface area contributed by atoms with E-state index < -0.39 is 20.8 Å². The summed E-state index contributed by atoms with van der Waals surface area (Å²) in [5.74, 6) is -0.914. The molecule has 28 heavy (non-hydrogen) atoms. The zero-order chi connectivity index (χ0) is 20.6. The Labute approximate surface area is 166 Å². The van der Waals surface area contributed by atoms with Gasteiger partial charge in [-0.05, 0) is 19.9 Å². The molecule has 2 aromatic rings. The predicted octanol–water partition coefficient (Wildman–Crippen LogP) is 2.93. The Kier molecular flexibility index (Phi) is 5.60. The molecule has 1 aliphatic heterocycles. The van der Waals surface area contributed by atoms with Gasteiger partial charge in [0, 0.05) is 42.0 Å². The Hall–Kier alpha value is -2.24. The summed E-state index contributed by atoms with van der Waals surface area (Å²) in [7, 11) is -2.34. The van der Waals surface area contributed by atoms with Crippen LogP contribution >= 0.6 is 11.3 Å². The fraction of sp³-hybridized carbons (Fsp3) is 0.412. The number of hydrogen-bond acceptors (Lipinski definition) is 7. The molecule has 152 valence electrons. The summed E-state index contributed by atoms with van der Waals surface area (Å²) >= 11 is 1.43. The maximum absolute atomic E-state index is 13.9. The van der Waals surface area contributed by atoms with Gasteiger partial charge in [0.25, 0.3) is 5.69 Å². The monoisotopic (exact) mass is 429 g/mol. The Morgan fingerprint density at radius 2 is 1.82 bits per heavy atom. The van der Waals surface area contributed by atoms with Crippen LogP contribution in [0.4, 0.5) is 15.8 Å². The van der Waals surface area contributed by atoms with E-state index in [0.29, 0.717) is 4.90 Å². The molecule has 2 heterocycles. The molecule has 0 saturated carbocycles. The first kappa shape index (κ1) is 20.5. The number of nitrogens with zero attached hydrogens (tertiary/aromatic N) is 3. The maximum atomic E-state index is 13.9. The van der Waals surface area contributed by atoms with Gasteiger partial charge in [0.2, 0.25) is 10.0 Å². The van der Waals surface area contributed by atoms with Crippen LogP contribution in [0.25, 0.3) is 0 Å². The third-order valence-electron chi connectivity index (χ3n) is 4.64. The third kappa shape index (κ3) is 3.69. The average molecular weight is 429 g/mol. The molecular formula is C17H20FN3O5S2. The van der Waals surface area contributed by atoms with Crippen molar-refractivity contribution in [3.8, 4) is 5.75 Å². The van der Waals surface area contributed by atoms with Crippen LogP contribution in [0, 0.1) is 29.8 Å². The molecule has 1 aromatic carbocycles. The number of anilines is 1. The maximum Gasteiger partial charge on any atom is 0.295 e. The van der Waals surface area contributed by atoms with Crippen LogP contribution in [-0.4, -0.2) is 50.9 Å². The molecule has 3 rings (SSSR count). The number of rotatable bonds is 5. The van der Waals surface area contributed by atoms with E-state index in [1.165, 1.54) is 28.8 Å². The van der Waals surface area contributed by atoms with Crippen LogP contribution in [0.1, 0.15) is 9.75 Å². The molecule has 0 radical (unpaired) electrons. The van der Waals surface area contributed by atoms with E-state index in [0.717, 1.165) is 15.8 Å². The van der Waals surface area contributed by atoms with Gasteiger partial charge in [-0.3, -0.25) is 10.1 Å². The van der Waals surface area contributed by atoms with Gasteiger partial charge in [-0.15, -0.1) is 11.3 Å². The highest BCUT2D eigenvalue weighted by molar-refractivity contribution is 7.89. The van der Waals surface area contributed by atoms with Crippen molar-refractivity contribution in [2.24, 2.45) is 0 Å². The second-order valence-corrected chi connectivity index (χ2v) is 9.77. The van der Waals surface area contributed by atoms with Crippen molar-refractivity contribution in [1.29, 1.82) is 0 Å². The highest BCUT2D eigenvalue weighted by Gasteiger charge is 2.33. The molecule has 1 fully saturated rings. The van der Waals surface area contributed by atoms with Crippen LogP contribution < -0.4 is 9.64 Å². The van der Waals surface area contributed by atoms with Crippen molar-refractivity contribution in [2.45, 2.75) is 18.7 Å². The second kappa shape index (κ2) is 7.64. The number of halogens is 1. The lowest BCUT2D eigenvalue weighted by Crippen LogP contribution is -2.48. The molecule has 0 aliphatic carbocycles. The van der Waals surface area contributed by atoms with Gasteiger partial charge in [-0.25, -0.2) is 12.8 Å². The van der Waals surface area contributed by atoms with Crippen LogP contribution in [0.5, 0.6) is 5.75 Å². The minimum atomic E-state index is -3.62. The lowest BCUT2D eigenvalue weighted by atomic mass is 10.2. The fourth-order valence-corrected chi connectivity index (χ4v) is 6.21. The van der Waals surface area contributed by atoms with E-state index >= 15 is 0 Å². The molecule has 0 spiro atoms. The number of sulfonamides is 1. The highest BCUT2D eigenvalue weighted by Crippen LogP contribution is 2.36. The van der Waals surface area contributed by atoms with Crippen LogP contribution in [-0.2, 0) is 10.0 Å². The van der Waals surface area contributed by atoms with E-state index in [4.69, 9.17) is 4.74 Å². The molecule has 1 saturated heterocycles. The number of aryl methyl sites for hydroxylation is 2. The first-order valence-electron chi connectivity index (χ1n) is 8.49. The van der Waals surface area contributed by atoms with Crippen molar-refractivity contribution >= 4 is 32.7 Å². The molecule has 1 aromatic heterocycles. The molecule has 8 nitrogen and oxygen atoms in total. The number of benzene rings is 1. The van der Waals surface area contributed by atoms with Crippen molar-refractivity contribution in [1.82, 2.24) is 4.31 Å². The summed E-state index contributed by atoms with van der Waals surface area (Å²) in [5.41, 5.74) is -0.165. The number of nitro benzene ring substituents is 1. The van der Waals surface area contributed by atoms with Gasteiger partial charge >= 0.3 is 0 Å². The van der Waals surface area contributed by atoms with Gasteiger partial charge < -0.3 is 9.64 Å². The molecule has 0 atom stereocenters. The van der Waals surface area contributed by atoms with Gasteiger partial charge in [0.1, 0.15) is 5.69 Å². The number of piperazine rings is 1. The molecule has 0 bridgehead atoms. The molecule has 0 amide bonds. The number of thiophene rings is 1. The van der Waals surface area contributed by atoms with Crippen molar-refractivity contribution < 1.29 is 22.5 Å². The minimum Gasteiger partial charge on any atom is -0.494 e. The number of methoxy groups -OCH3 is 1. The summed E-state index contributed by atoms with van der Waals surface area (Å²) in [6.45, 7) is 4.47. The summed E-state index contributed by atoms with van der Waals surface area (Å²) in [6, 6.07) is 3.77. The first-order valence-corrected chi connectivity index (χ1v) is 10.7. The standard InChI is InChI=1S/C17H20FN3O5S2/c1-11-8-17(12(2)27-11)28(24,25)20-6-4-19(5-7-20)14-10-16(26-3)13(18)9-15(14)21(22)23/h8-10H,4-7H2,1-3H3. The highest BCUT2D eigenvalue weighted by atomic mass is 32.2. The SMILES string of the molecule is COc1cc(N2CCN(S(=O)(=O)c3cc(C)sc3C)CC2)c([N+](=O)[O-])cc1F. The van der Waals surface area contributed by atoms with Gasteiger partial charge in [0.05, 0.1) is 23.0 Å². The summed E-state index contributed by atoms with van der Waals surface area (Å²) < 4.78 is 46.0. The Morgan fingerprint density at radius 3 is 2.32 bits per heavy atom. The zero-order valence-electron chi connectivity index (χ0n) is 15.6. The Morgan fingerprint density at radius 1 is 1.18 bits per heavy atom. The number of hydrogen-bond donors (Lipinski definition) is 0. The van der Waals surface area contributed by atoms with E-state index in [-0.39, 0.29) is 43.3 Å². The van der Waals surface area contributed by atoms with E-state index in [9.17, 15) is 22.9 Å².